The topological polar surface area (TPSA) is 79.6 Å². The maximum atomic E-state index is 10.7. The van der Waals surface area contributed by atoms with Gasteiger partial charge in [0.1, 0.15) is 0 Å². The molecule has 0 aliphatic heterocycles. The van der Waals surface area contributed by atoms with Crippen LogP contribution in [0.4, 0.5) is 5.00 Å². The van der Waals surface area contributed by atoms with E-state index in [-0.39, 0.29) is 5.00 Å². The lowest BCUT2D eigenvalue weighted by Gasteiger charge is -2.54. The summed E-state index contributed by atoms with van der Waals surface area (Å²) in [6.45, 7) is 0. The Labute approximate surface area is 149 Å². The molecule has 1 aromatic heterocycles. The molecule has 5 rings (SSSR count). The second-order valence-electron chi connectivity index (χ2n) is 7.23. The van der Waals surface area contributed by atoms with Crippen molar-refractivity contribution in [2.75, 3.05) is 0 Å². The molecular formula is C16H20N4O2S2. The van der Waals surface area contributed by atoms with Gasteiger partial charge in [0.2, 0.25) is 0 Å². The molecule has 0 spiro atoms. The summed E-state index contributed by atoms with van der Waals surface area (Å²) in [6, 6.07) is 3.65. The molecule has 4 aliphatic carbocycles. The molecule has 8 heteroatoms. The minimum absolute atomic E-state index is 0.116. The number of hydrogen-bond donors (Lipinski definition) is 2. The quantitative estimate of drug-likeness (QED) is 0.371. The Hall–Kier alpha value is -1.54. The lowest BCUT2D eigenvalue weighted by atomic mass is 9.54. The van der Waals surface area contributed by atoms with Crippen LogP contribution in [0.15, 0.2) is 17.2 Å². The van der Waals surface area contributed by atoms with E-state index in [9.17, 15) is 10.1 Å². The first-order valence-corrected chi connectivity index (χ1v) is 9.64. The average Bonchev–Trinajstić information content (AvgIpc) is 2.99. The maximum Gasteiger partial charge on any atom is 0.324 e. The highest BCUT2D eigenvalue weighted by Gasteiger charge is 2.48. The second-order valence-corrected chi connectivity index (χ2v) is 8.74. The van der Waals surface area contributed by atoms with E-state index in [2.05, 4.69) is 15.8 Å². The predicted molar refractivity (Wildman–Crippen MR) is 98.3 cm³/mol. The fourth-order valence-corrected chi connectivity index (χ4v) is 5.89. The van der Waals surface area contributed by atoms with Gasteiger partial charge in [0, 0.05) is 12.1 Å². The van der Waals surface area contributed by atoms with Crippen molar-refractivity contribution in [3.8, 4) is 0 Å². The Morgan fingerprint density at radius 1 is 1.25 bits per heavy atom. The van der Waals surface area contributed by atoms with Crippen molar-refractivity contribution < 1.29 is 4.92 Å². The highest BCUT2D eigenvalue weighted by atomic mass is 32.1. The summed E-state index contributed by atoms with van der Waals surface area (Å²) in [4.78, 5) is 11.0. The first kappa shape index (κ1) is 16.0. The molecule has 4 saturated carbocycles. The third kappa shape index (κ3) is 3.17. The van der Waals surface area contributed by atoms with Crippen molar-refractivity contribution in [1.82, 2.24) is 10.7 Å². The summed E-state index contributed by atoms with van der Waals surface area (Å²) >= 11 is 6.47. The van der Waals surface area contributed by atoms with Gasteiger partial charge in [-0.3, -0.25) is 15.5 Å². The molecule has 6 nitrogen and oxygen atoms in total. The standard InChI is InChI=1S/C16H20N4O2S2/c21-20(22)14-2-1-13(24-14)8-17-19-16(23)18-15-11-4-9-3-10(6-11)7-12(15)5-9/h1-2,8-12,15H,3-7H2,(H2,18,19,23)/b17-8+. The number of nitro groups is 1. The van der Waals surface area contributed by atoms with Crippen LogP contribution in [0.25, 0.3) is 0 Å². The van der Waals surface area contributed by atoms with Crippen LogP contribution in [0.1, 0.15) is 37.0 Å². The Kier molecular flexibility index (Phi) is 4.26. The molecule has 4 aliphatic rings. The largest absolute Gasteiger partial charge is 0.358 e. The highest BCUT2D eigenvalue weighted by molar-refractivity contribution is 7.80. The summed E-state index contributed by atoms with van der Waals surface area (Å²) < 4.78 is 0. The van der Waals surface area contributed by atoms with Crippen molar-refractivity contribution in [1.29, 1.82) is 0 Å². The van der Waals surface area contributed by atoms with Gasteiger partial charge in [-0.2, -0.15) is 5.10 Å². The highest BCUT2D eigenvalue weighted by Crippen LogP contribution is 2.53. The van der Waals surface area contributed by atoms with Crippen LogP contribution in [0.2, 0.25) is 0 Å². The van der Waals surface area contributed by atoms with Crippen LogP contribution >= 0.6 is 23.6 Å². The predicted octanol–water partition coefficient (Wildman–Crippen LogP) is 3.28. The van der Waals surface area contributed by atoms with Crippen LogP contribution in [-0.2, 0) is 0 Å². The molecule has 4 fully saturated rings. The molecule has 0 saturated heterocycles. The minimum Gasteiger partial charge on any atom is -0.358 e. The number of hydrogen-bond acceptors (Lipinski definition) is 5. The van der Waals surface area contributed by atoms with E-state index in [0.29, 0.717) is 11.2 Å². The summed E-state index contributed by atoms with van der Waals surface area (Å²) in [6.07, 6.45) is 8.39. The van der Waals surface area contributed by atoms with Gasteiger partial charge in [0.25, 0.3) is 0 Å². The summed E-state index contributed by atoms with van der Waals surface area (Å²) in [5.41, 5.74) is 2.86. The van der Waals surface area contributed by atoms with Gasteiger partial charge in [-0.15, -0.1) is 0 Å². The lowest BCUT2D eigenvalue weighted by Crippen LogP contribution is -2.57. The maximum absolute atomic E-state index is 10.7. The monoisotopic (exact) mass is 364 g/mol. The van der Waals surface area contributed by atoms with Gasteiger partial charge in [-0.1, -0.05) is 11.3 Å². The summed E-state index contributed by atoms with van der Waals surface area (Å²) in [5.74, 6) is 3.40. The van der Waals surface area contributed by atoms with Crippen molar-refractivity contribution in [3.05, 3.63) is 27.1 Å². The second kappa shape index (κ2) is 6.40. The van der Waals surface area contributed by atoms with Crippen LogP contribution in [-0.4, -0.2) is 22.3 Å². The van der Waals surface area contributed by atoms with Gasteiger partial charge in [-0.25, -0.2) is 0 Å². The Bertz CT molecular complexity index is 659. The first-order valence-electron chi connectivity index (χ1n) is 8.42. The van der Waals surface area contributed by atoms with Gasteiger partial charge in [-0.05, 0) is 74.1 Å². The summed E-state index contributed by atoms with van der Waals surface area (Å²) in [7, 11) is 0. The number of hydrazone groups is 1. The molecule has 4 bridgehead atoms. The van der Waals surface area contributed by atoms with Gasteiger partial charge in [0.05, 0.1) is 16.0 Å². The zero-order valence-electron chi connectivity index (χ0n) is 13.2. The SMILES string of the molecule is O=[N+]([O-])c1ccc(/C=N/NC(=S)NC2C3CC4CC(C3)CC2C4)s1. The van der Waals surface area contributed by atoms with E-state index in [0.717, 1.165) is 39.9 Å². The van der Waals surface area contributed by atoms with Crippen molar-refractivity contribution in [2.45, 2.75) is 38.1 Å². The van der Waals surface area contributed by atoms with E-state index in [1.807, 2.05) is 0 Å². The molecule has 0 atom stereocenters. The molecule has 0 amide bonds. The van der Waals surface area contributed by atoms with Crippen LogP contribution < -0.4 is 10.7 Å². The molecule has 24 heavy (non-hydrogen) atoms. The third-order valence-corrected chi connectivity index (χ3v) is 6.86. The van der Waals surface area contributed by atoms with Crippen LogP contribution in [0.5, 0.6) is 0 Å². The van der Waals surface area contributed by atoms with E-state index in [1.165, 1.54) is 38.2 Å². The zero-order chi connectivity index (χ0) is 16.7. The molecule has 0 unspecified atom stereocenters. The molecule has 2 N–H and O–H groups in total. The average molecular weight is 364 g/mol. The molecule has 0 aromatic carbocycles. The van der Waals surface area contributed by atoms with Gasteiger partial charge < -0.3 is 5.32 Å². The molecule has 0 radical (unpaired) electrons. The summed E-state index contributed by atoms with van der Waals surface area (Å²) in [5, 5.41) is 18.9. The molecular weight excluding hydrogens is 344 g/mol. The van der Waals surface area contributed by atoms with Gasteiger partial charge in [0.15, 0.2) is 5.11 Å². The number of nitrogens with zero attached hydrogens (tertiary/aromatic N) is 2. The fourth-order valence-electron chi connectivity index (χ4n) is 5.01. The number of thiocarbonyl (C=S) groups is 1. The van der Waals surface area contributed by atoms with E-state index >= 15 is 0 Å². The zero-order valence-corrected chi connectivity index (χ0v) is 14.8. The number of nitrogens with one attached hydrogen (secondary N) is 2. The Balaban J connectivity index is 1.30. The van der Waals surface area contributed by atoms with Crippen molar-refractivity contribution in [2.24, 2.45) is 28.8 Å². The van der Waals surface area contributed by atoms with Crippen LogP contribution in [0.3, 0.4) is 0 Å². The van der Waals surface area contributed by atoms with E-state index in [1.54, 1.807) is 12.3 Å². The van der Waals surface area contributed by atoms with E-state index in [4.69, 9.17) is 12.2 Å². The number of thiophene rings is 1. The normalized spacial score (nSPS) is 33.8. The molecule has 1 aromatic rings. The lowest BCUT2D eigenvalue weighted by molar-refractivity contribution is -0.380. The van der Waals surface area contributed by atoms with Crippen molar-refractivity contribution >= 4 is 39.9 Å². The smallest absolute Gasteiger partial charge is 0.324 e. The number of rotatable bonds is 4. The Morgan fingerprint density at radius 3 is 2.50 bits per heavy atom. The third-order valence-electron chi connectivity index (χ3n) is 5.67. The molecule has 1 heterocycles. The fraction of sp³-hybridized carbons (Fsp3) is 0.625. The Morgan fingerprint density at radius 2 is 1.92 bits per heavy atom. The van der Waals surface area contributed by atoms with Gasteiger partial charge >= 0.3 is 5.00 Å². The first-order chi connectivity index (χ1) is 11.6. The van der Waals surface area contributed by atoms with Crippen molar-refractivity contribution in [3.63, 3.8) is 0 Å². The van der Waals surface area contributed by atoms with E-state index < -0.39 is 4.92 Å². The molecule has 128 valence electrons. The minimum atomic E-state index is -0.395. The van der Waals surface area contributed by atoms with Crippen LogP contribution in [0, 0.1) is 33.8 Å².